The quantitative estimate of drug-likeness (QED) is 0.854. The maximum absolute atomic E-state index is 13.0. The minimum Gasteiger partial charge on any atom is -0.508 e. The summed E-state index contributed by atoms with van der Waals surface area (Å²) in [5.74, 6) is -0.404. The van der Waals surface area contributed by atoms with Gasteiger partial charge < -0.3 is 10.0 Å². The number of hydrogen-bond donors (Lipinski definition) is 1. The number of aromatic hydroxyl groups is 1. The first-order chi connectivity index (χ1) is 7.26. The van der Waals surface area contributed by atoms with E-state index in [1.54, 1.807) is 6.07 Å². The second kappa shape index (κ2) is 4.83. The van der Waals surface area contributed by atoms with E-state index in [2.05, 4.69) is 25.7 Å². The standard InChI is InChI=1S/C13H20FNO/c1-13(2,3)9-15(4)8-10-5-11(14)7-12(16)6-10/h5-7,16H,8-9H2,1-4H3. The molecule has 0 saturated heterocycles. The summed E-state index contributed by atoms with van der Waals surface area (Å²) in [6, 6.07) is 4.17. The summed E-state index contributed by atoms with van der Waals surface area (Å²) < 4.78 is 13.0. The molecule has 0 aliphatic carbocycles. The molecule has 0 heterocycles. The zero-order valence-corrected chi connectivity index (χ0v) is 10.4. The average molecular weight is 225 g/mol. The number of rotatable bonds is 3. The van der Waals surface area contributed by atoms with Crippen LogP contribution in [0.1, 0.15) is 26.3 Å². The van der Waals surface area contributed by atoms with Crippen molar-refractivity contribution in [1.82, 2.24) is 4.90 Å². The van der Waals surface area contributed by atoms with Crippen LogP contribution < -0.4 is 0 Å². The lowest BCUT2D eigenvalue weighted by molar-refractivity contribution is 0.220. The van der Waals surface area contributed by atoms with Crippen LogP contribution in [-0.4, -0.2) is 23.6 Å². The summed E-state index contributed by atoms with van der Waals surface area (Å²) >= 11 is 0. The predicted molar refractivity (Wildman–Crippen MR) is 63.9 cm³/mol. The molecule has 1 rings (SSSR count). The zero-order valence-electron chi connectivity index (χ0n) is 10.4. The summed E-state index contributed by atoms with van der Waals surface area (Å²) in [6.45, 7) is 8.04. The molecule has 90 valence electrons. The molecule has 0 aromatic heterocycles. The van der Waals surface area contributed by atoms with Gasteiger partial charge in [0.25, 0.3) is 0 Å². The average Bonchev–Trinajstić information content (AvgIpc) is 1.96. The lowest BCUT2D eigenvalue weighted by Gasteiger charge is -2.26. The van der Waals surface area contributed by atoms with Crippen molar-refractivity contribution in [2.45, 2.75) is 27.3 Å². The molecule has 1 N–H and O–H groups in total. The molecule has 2 nitrogen and oxygen atoms in total. The van der Waals surface area contributed by atoms with Crippen LogP contribution in [0.3, 0.4) is 0 Å². The summed E-state index contributed by atoms with van der Waals surface area (Å²) in [7, 11) is 1.99. The van der Waals surface area contributed by atoms with Crippen LogP contribution in [-0.2, 0) is 6.54 Å². The lowest BCUT2D eigenvalue weighted by atomic mass is 9.96. The van der Waals surface area contributed by atoms with Gasteiger partial charge in [-0.3, -0.25) is 0 Å². The number of phenolic OH excluding ortho intramolecular Hbond substituents is 1. The van der Waals surface area contributed by atoms with E-state index in [1.165, 1.54) is 6.07 Å². The van der Waals surface area contributed by atoms with Gasteiger partial charge in [-0.15, -0.1) is 0 Å². The molecule has 0 aliphatic rings. The minimum absolute atomic E-state index is 0.0147. The van der Waals surface area contributed by atoms with Gasteiger partial charge in [0, 0.05) is 19.2 Å². The maximum atomic E-state index is 13.0. The van der Waals surface area contributed by atoms with Crippen molar-refractivity contribution < 1.29 is 9.50 Å². The summed E-state index contributed by atoms with van der Waals surface area (Å²) in [5, 5.41) is 9.28. The summed E-state index contributed by atoms with van der Waals surface area (Å²) in [5.41, 5.74) is 1.01. The lowest BCUT2D eigenvalue weighted by Crippen LogP contribution is -2.28. The topological polar surface area (TPSA) is 23.5 Å². The smallest absolute Gasteiger partial charge is 0.127 e. The van der Waals surface area contributed by atoms with Gasteiger partial charge in [0.2, 0.25) is 0 Å². The fourth-order valence-electron chi connectivity index (χ4n) is 1.90. The fourth-order valence-corrected chi connectivity index (χ4v) is 1.90. The maximum Gasteiger partial charge on any atom is 0.127 e. The first-order valence-corrected chi connectivity index (χ1v) is 5.43. The van der Waals surface area contributed by atoms with Crippen molar-refractivity contribution in [3.63, 3.8) is 0 Å². The molecular weight excluding hydrogens is 205 g/mol. The number of nitrogens with zero attached hydrogens (tertiary/aromatic N) is 1. The molecule has 0 spiro atoms. The SMILES string of the molecule is CN(Cc1cc(O)cc(F)c1)CC(C)(C)C. The monoisotopic (exact) mass is 225 g/mol. The van der Waals surface area contributed by atoms with Crippen LogP contribution in [0.4, 0.5) is 4.39 Å². The highest BCUT2D eigenvalue weighted by atomic mass is 19.1. The van der Waals surface area contributed by atoms with Crippen molar-refractivity contribution in [2.75, 3.05) is 13.6 Å². The molecule has 0 radical (unpaired) electrons. The predicted octanol–water partition coefficient (Wildman–Crippen LogP) is 3.01. The first-order valence-electron chi connectivity index (χ1n) is 5.43. The highest BCUT2D eigenvalue weighted by molar-refractivity contribution is 5.28. The van der Waals surface area contributed by atoms with Crippen LogP contribution in [0.15, 0.2) is 18.2 Å². The Morgan fingerprint density at radius 3 is 2.38 bits per heavy atom. The third-order valence-corrected chi connectivity index (χ3v) is 2.14. The Morgan fingerprint density at radius 1 is 1.25 bits per heavy atom. The largest absolute Gasteiger partial charge is 0.508 e. The van der Waals surface area contributed by atoms with Crippen molar-refractivity contribution >= 4 is 0 Å². The molecule has 16 heavy (non-hydrogen) atoms. The normalized spacial score (nSPS) is 12.1. The van der Waals surface area contributed by atoms with E-state index in [-0.39, 0.29) is 17.0 Å². The van der Waals surface area contributed by atoms with Gasteiger partial charge in [0.05, 0.1) is 0 Å². The molecule has 0 fully saturated rings. The van der Waals surface area contributed by atoms with E-state index >= 15 is 0 Å². The molecule has 0 saturated carbocycles. The molecule has 0 bridgehead atoms. The van der Waals surface area contributed by atoms with Gasteiger partial charge in [-0.2, -0.15) is 0 Å². The van der Waals surface area contributed by atoms with E-state index < -0.39 is 0 Å². The number of halogens is 1. The van der Waals surface area contributed by atoms with E-state index in [0.29, 0.717) is 6.54 Å². The fraction of sp³-hybridized carbons (Fsp3) is 0.538. The number of benzene rings is 1. The zero-order chi connectivity index (χ0) is 12.3. The Morgan fingerprint density at radius 2 is 1.88 bits per heavy atom. The Hall–Kier alpha value is -1.09. The molecule has 0 unspecified atom stereocenters. The van der Waals surface area contributed by atoms with Gasteiger partial charge in [0.1, 0.15) is 11.6 Å². The Labute approximate surface area is 96.7 Å². The van der Waals surface area contributed by atoms with Gasteiger partial charge in [-0.1, -0.05) is 20.8 Å². The highest BCUT2D eigenvalue weighted by Crippen LogP contribution is 2.18. The summed E-state index contributed by atoms with van der Waals surface area (Å²) in [6.07, 6.45) is 0. The van der Waals surface area contributed by atoms with Crippen molar-refractivity contribution in [3.05, 3.63) is 29.6 Å². The molecule has 1 aromatic rings. The van der Waals surface area contributed by atoms with Crippen LogP contribution in [0.2, 0.25) is 0 Å². The van der Waals surface area contributed by atoms with Crippen LogP contribution >= 0.6 is 0 Å². The second-order valence-corrected chi connectivity index (χ2v) is 5.55. The molecule has 0 aliphatic heterocycles. The Kier molecular flexibility index (Phi) is 3.92. The van der Waals surface area contributed by atoms with Crippen molar-refractivity contribution in [3.8, 4) is 5.75 Å². The minimum atomic E-state index is -0.390. The van der Waals surface area contributed by atoms with Gasteiger partial charge in [0.15, 0.2) is 0 Å². The van der Waals surface area contributed by atoms with Crippen LogP contribution in [0.25, 0.3) is 0 Å². The molecule has 3 heteroatoms. The van der Waals surface area contributed by atoms with Crippen LogP contribution in [0, 0.1) is 11.2 Å². The molecular formula is C13H20FNO. The first kappa shape index (κ1) is 13.0. The molecule has 0 atom stereocenters. The number of phenols is 1. The molecule has 0 amide bonds. The Balaban J connectivity index is 2.66. The number of hydrogen-bond acceptors (Lipinski definition) is 2. The van der Waals surface area contributed by atoms with E-state index in [1.807, 2.05) is 7.05 Å². The highest BCUT2D eigenvalue weighted by Gasteiger charge is 2.13. The van der Waals surface area contributed by atoms with E-state index in [9.17, 15) is 9.50 Å². The third-order valence-electron chi connectivity index (χ3n) is 2.14. The van der Waals surface area contributed by atoms with Crippen molar-refractivity contribution in [2.24, 2.45) is 5.41 Å². The Bertz CT molecular complexity index is 337. The summed E-state index contributed by atoms with van der Waals surface area (Å²) in [4.78, 5) is 2.12. The van der Waals surface area contributed by atoms with Crippen LogP contribution in [0.5, 0.6) is 5.75 Å². The van der Waals surface area contributed by atoms with Gasteiger partial charge in [-0.05, 0) is 30.2 Å². The van der Waals surface area contributed by atoms with Crippen molar-refractivity contribution in [1.29, 1.82) is 0 Å². The molecule has 1 aromatic carbocycles. The van der Waals surface area contributed by atoms with E-state index in [4.69, 9.17) is 0 Å². The van der Waals surface area contributed by atoms with Gasteiger partial charge in [-0.25, -0.2) is 4.39 Å². The van der Waals surface area contributed by atoms with E-state index in [0.717, 1.165) is 18.2 Å². The van der Waals surface area contributed by atoms with Gasteiger partial charge >= 0.3 is 0 Å². The second-order valence-electron chi connectivity index (χ2n) is 5.55. The third kappa shape index (κ3) is 4.62.